The second kappa shape index (κ2) is 2.70. The molecule has 0 unspecified atom stereocenters. The largest absolute Gasteiger partial charge is 0.304 e. The number of rotatable bonds is 0. The fourth-order valence-corrected chi connectivity index (χ4v) is 1.31. The van der Waals surface area contributed by atoms with Gasteiger partial charge in [0.25, 0.3) is 0 Å². The van der Waals surface area contributed by atoms with Crippen LogP contribution in [-0.4, -0.2) is 25.0 Å². The van der Waals surface area contributed by atoms with Crippen molar-refractivity contribution >= 4 is 22.6 Å². The summed E-state index contributed by atoms with van der Waals surface area (Å²) in [5.41, 5.74) is 0. The lowest BCUT2D eigenvalue weighted by Crippen LogP contribution is -2.42. The molecule has 0 radical (unpaired) electrons. The van der Waals surface area contributed by atoms with E-state index in [1.165, 1.54) is 0 Å². The van der Waals surface area contributed by atoms with Gasteiger partial charge in [0.2, 0.25) is 0 Å². The third kappa shape index (κ3) is 1.36. The molecule has 0 spiro atoms. The average Bonchev–Trinajstić information content (AvgIpc) is 1.64. The first-order valence-corrected chi connectivity index (χ1v) is 3.70. The molecular weight excluding hydrogens is 213 g/mol. The Balaban J connectivity index is 2.22. The molecule has 8 heavy (non-hydrogen) atoms. The fourth-order valence-electron chi connectivity index (χ4n) is 0.867. The van der Waals surface area contributed by atoms with Crippen molar-refractivity contribution in [3.05, 3.63) is 0 Å². The molecule has 0 aromatic carbocycles. The molecule has 0 amide bonds. The van der Waals surface area contributed by atoms with Crippen molar-refractivity contribution in [3.8, 4) is 9.85 Å². The summed E-state index contributed by atoms with van der Waals surface area (Å²) in [4.78, 5) is 2.27. The van der Waals surface area contributed by atoms with Crippen LogP contribution in [0.25, 0.3) is 0 Å². The predicted molar refractivity (Wildman–Crippen MR) is 42.8 cm³/mol. The van der Waals surface area contributed by atoms with Crippen molar-refractivity contribution in [3.63, 3.8) is 0 Å². The Morgan fingerprint density at radius 2 is 2.25 bits per heavy atom. The van der Waals surface area contributed by atoms with Crippen molar-refractivity contribution < 1.29 is 0 Å². The van der Waals surface area contributed by atoms with E-state index in [-0.39, 0.29) is 0 Å². The van der Waals surface area contributed by atoms with Gasteiger partial charge in [-0.3, -0.25) is 0 Å². The monoisotopic (exact) mass is 221 g/mol. The normalized spacial score (nSPS) is 21.2. The van der Waals surface area contributed by atoms with Gasteiger partial charge in [-0.15, -0.1) is 0 Å². The van der Waals surface area contributed by atoms with E-state index in [9.17, 15) is 0 Å². The van der Waals surface area contributed by atoms with Crippen LogP contribution in [0, 0.1) is 15.8 Å². The maximum Gasteiger partial charge on any atom is 0.0465 e. The van der Waals surface area contributed by atoms with E-state index in [4.69, 9.17) is 0 Å². The van der Waals surface area contributed by atoms with Crippen LogP contribution in [-0.2, 0) is 0 Å². The first-order chi connectivity index (χ1) is 3.83. The zero-order chi connectivity index (χ0) is 5.98. The molecule has 1 rings (SSSR count). The van der Waals surface area contributed by atoms with E-state index in [0.717, 1.165) is 13.1 Å². The molecule has 0 bridgehead atoms. The molecule has 0 saturated carbocycles. The lowest BCUT2D eigenvalue weighted by atomic mass is 10.0. The molecule has 0 aliphatic carbocycles. The summed E-state index contributed by atoms with van der Waals surface area (Å²) in [5.74, 6) is 3.77. The third-order valence-electron chi connectivity index (χ3n) is 1.32. The first kappa shape index (κ1) is 6.37. The van der Waals surface area contributed by atoms with Crippen LogP contribution in [0.15, 0.2) is 0 Å². The van der Waals surface area contributed by atoms with Crippen LogP contribution in [0.4, 0.5) is 0 Å². The van der Waals surface area contributed by atoms with Crippen LogP contribution >= 0.6 is 22.6 Å². The molecule has 1 saturated heterocycles. The van der Waals surface area contributed by atoms with Crippen LogP contribution in [0.3, 0.4) is 0 Å². The van der Waals surface area contributed by atoms with Gasteiger partial charge < -0.3 is 4.90 Å². The Kier molecular flexibility index (Phi) is 2.15. The molecule has 1 aliphatic heterocycles. The zero-order valence-corrected chi connectivity index (χ0v) is 6.97. The van der Waals surface area contributed by atoms with Crippen molar-refractivity contribution in [2.75, 3.05) is 20.1 Å². The third-order valence-corrected chi connectivity index (χ3v) is 1.63. The summed E-state index contributed by atoms with van der Waals surface area (Å²) >= 11 is 2.09. The molecule has 1 fully saturated rings. The van der Waals surface area contributed by atoms with E-state index in [1.54, 1.807) is 0 Å². The molecule has 1 aliphatic rings. The number of likely N-dealkylation sites (tertiary alicyclic amines) is 1. The smallest absolute Gasteiger partial charge is 0.0465 e. The fraction of sp³-hybridized carbons (Fsp3) is 0.667. The Morgan fingerprint density at radius 3 is 2.62 bits per heavy atom. The summed E-state index contributed by atoms with van der Waals surface area (Å²) in [6, 6.07) is 0. The second-order valence-electron chi connectivity index (χ2n) is 2.16. The van der Waals surface area contributed by atoms with Crippen molar-refractivity contribution in [1.29, 1.82) is 0 Å². The minimum Gasteiger partial charge on any atom is -0.304 e. The maximum absolute atomic E-state index is 3.11. The van der Waals surface area contributed by atoms with Crippen molar-refractivity contribution in [1.82, 2.24) is 4.90 Å². The molecule has 0 atom stereocenters. The summed E-state index contributed by atoms with van der Waals surface area (Å²) in [6.45, 7) is 2.33. The molecule has 0 N–H and O–H groups in total. The zero-order valence-electron chi connectivity index (χ0n) is 4.82. The SMILES string of the molecule is CN1CC(C#CI)C1. The van der Waals surface area contributed by atoms with Gasteiger partial charge >= 0.3 is 0 Å². The molecule has 2 heteroatoms. The highest BCUT2D eigenvalue weighted by atomic mass is 127. The Labute approximate surface area is 63.6 Å². The maximum atomic E-state index is 3.11. The lowest BCUT2D eigenvalue weighted by molar-refractivity contribution is 0.177. The minimum absolute atomic E-state index is 0.664. The molecule has 44 valence electrons. The number of nitrogens with zero attached hydrogens (tertiary/aromatic N) is 1. The highest BCUT2D eigenvalue weighted by Gasteiger charge is 2.19. The van der Waals surface area contributed by atoms with Crippen molar-refractivity contribution in [2.45, 2.75) is 0 Å². The van der Waals surface area contributed by atoms with Gasteiger partial charge in [-0.25, -0.2) is 0 Å². The molecule has 0 aromatic heterocycles. The van der Waals surface area contributed by atoms with Gasteiger partial charge in [0.1, 0.15) is 0 Å². The van der Waals surface area contributed by atoms with Gasteiger partial charge in [-0.2, -0.15) is 0 Å². The van der Waals surface area contributed by atoms with Crippen LogP contribution in [0.2, 0.25) is 0 Å². The second-order valence-corrected chi connectivity index (χ2v) is 2.70. The number of halogens is 1. The standard InChI is InChI=1S/C6H8IN/c1-8-4-6(5-8)2-3-7/h6H,4-5H2,1H3. The topological polar surface area (TPSA) is 3.24 Å². The van der Waals surface area contributed by atoms with E-state index in [1.807, 2.05) is 0 Å². The highest BCUT2D eigenvalue weighted by Crippen LogP contribution is 2.10. The van der Waals surface area contributed by atoms with E-state index in [2.05, 4.69) is 44.4 Å². The van der Waals surface area contributed by atoms with Gasteiger partial charge in [-0.1, -0.05) is 5.92 Å². The first-order valence-electron chi connectivity index (χ1n) is 2.62. The molecule has 0 aromatic rings. The van der Waals surface area contributed by atoms with Crippen LogP contribution < -0.4 is 0 Å². The molecule has 1 heterocycles. The lowest BCUT2D eigenvalue weighted by Gasteiger charge is -2.32. The average molecular weight is 221 g/mol. The highest BCUT2D eigenvalue weighted by molar-refractivity contribution is 14.1. The van der Waals surface area contributed by atoms with E-state index in [0.29, 0.717) is 5.92 Å². The summed E-state index contributed by atoms with van der Waals surface area (Å²) in [5, 5.41) is 0. The summed E-state index contributed by atoms with van der Waals surface area (Å²) < 4.78 is 2.88. The van der Waals surface area contributed by atoms with Crippen LogP contribution in [0.5, 0.6) is 0 Å². The van der Waals surface area contributed by atoms with Crippen LogP contribution in [0.1, 0.15) is 0 Å². The van der Waals surface area contributed by atoms with Gasteiger partial charge in [0.15, 0.2) is 0 Å². The Bertz CT molecular complexity index is 127. The van der Waals surface area contributed by atoms with E-state index < -0.39 is 0 Å². The minimum atomic E-state index is 0.664. The van der Waals surface area contributed by atoms with Gasteiger partial charge in [0, 0.05) is 41.6 Å². The molecular formula is C6H8IN. The quantitative estimate of drug-likeness (QED) is 0.434. The van der Waals surface area contributed by atoms with Gasteiger partial charge in [-0.05, 0) is 11.0 Å². The Morgan fingerprint density at radius 1 is 1.62 bits per heavy atom. The van der Waals surface area contributed by atoms with Gasteiger partial charge in [0.05, 0.1) is 0 Å². The number of hydrogen-bond donors (Lipinski definition) is 0. The van der Waals surface area contributed by atoms with E-state index >= 15 is 0 Å². The predicted octanol–water partition coefficient (Wildman–Crippen LogP) is 0.944. The van der Waals surface area contributed by atoms with Crippen molar-refractivity contribution in [2.24, 2.45) is 5.92 Å². The number of hydrogen-bond acceptors (Lipinski definition) is 1. The molecule has 1 nitrogen and oxygen atoms in total. The summed E-state index contributed by atoms with van der Waals surface area (Å²) in [7, 11) is 2.12. The summed E-state index contributed by atoms with van der Waals surface area (Å²) in [6.07, 6.45) is 0. The Hall–Kier alpha value is 0.250.